The van der Waals surface area contributed by atoms with Crippen LogP contribution in [0.3, 0.4) is 0 Å². The van der Waals surface area contributed by atoms with Gasteiger partial charge in [-0.3, -0.25) is 4.90 Å². The van der Waals surface area contributed by atoms with Crippen molar-refractivity contribution in [3.63, 3.8) is 0 Å². The topological polar surface area (TPSA) is 15.3 Å². The van der Waals surface area contributed by atoms with Crippen molar-refractivity contribution in [3.05, 3.63) is 35.9 Å². The molecule has 1 unspecified atom stereocenters. The van der Waals surface area contributed by atoms with Crippen molar-refractivity contribution < 1.29 is 0 Å². The predicted octanol–water partition coefficient (Wildman–Crippen LogP) is 2.40. The van der Waals surface area contributed by atoms with Gasteiger partial charge in [0.1, 0.15) is 0 Å². The lowest BCUT2D eigenvalue weighted by molar-refractivity contribution is 0.111. The van der Waals surface area contributed by atoms with Crippen LogP contribution in [0.1, 0.15) is 31.2 Å². The molecule has 0 radical (unpaired) electrons. The lowest BCUT2D eigenvalue weighted by atomic mass is 9.97. The average Bonchev–Trinajstić information content (AvgIpc) is 2.63. The standard InChI is InChI=1S/C15H22N2/c1-16-13-9-14-7-8-15(10-13)17(14)11-12-5-3-2-4-6-12/h2-6,13-16H,7-11H2,1H3/t13?,14-,15+. The molecule has 2 nitrogen and oxygen atoms in total. The fourth-order valence-corrected chi connectivity index (χ4v) is 3.56. The number of hydrogen-bond donors (Lipinski definition) is 1. The molecule has 0 aromatic heterocycles. The summed E-state index contributed by atoms with van der Waals surface area (Å²) in [4.78, 5) is 2.74. The first-order valence-corrected chi connectivity index (χ1v) is 6.84. The van der Waals surface area contributed by atoms with E-state index in [0.717, 1.165) is 24.7 Å². The molecule has 3 atom stereocenters. The highest BCUT2D eigenvalue weighted by Crippen LogP contribution is 2.36. The first-order valence-electron chi connectivity index (χ1n) is 6.84. The Morgan fingerprint density at radius 3 is 2.35 bits per heavy atom. The van der Waals surface area contributed by atoms with Gasteiger partial charge in [0.05, 0.1) is 0 Å². The van der Waals surface area contributed by atoms with Crippen molar-refractivity contribution in [2.75, 3.05) is 7.05 Å². The maximum absolute atomic E-state index is 3.46. The van der Waals surface area contributed by atoms with Gasteiger partial charge in [-0.2, -0.15) is 0 Å². The third-order valence-electron chi connectivity index (χ3n) is 4.50. The SMILES string of the molecule is CNC1C[C@H]2CC[C@@H](C1)N2Cc1ccccc1. The van der Waals surface area contributed by atoms with Gasteiger partial charge in [0.25, 0.3) is 0 Å². The van der Waals surface area contributed by atoms with Crippen molar-refractivity contribution >= 4 is 0 Å². The fraction of sp³-hybridized carbons (Fsp3) is 0.600. The molecule has 2 aliphatic rings. The smallest absolute Gasteiger partial charge is 0.0239 e. The van der Waals surface area contributed by atoms with E-state index in [9.17, 15) is 0 Å². The van der Waals surface area contributed by atoms with E-state index in [0.29, 0.717) is 0 Å². The Morgan fingerprint density at radius 2 is 1.76 bits per heavy atom. The molecule has 2 aliphatic heterocycles. The van der Waals surface area contributed by atoms with Gasteiger partial charge in [-0.05, 0) is 38.3 Å². The van der Waals surface area contributed by atoms with E-state index < -0.39 is 0 Å². The van der Waals surface area contributed by atoms with Crippen LogP contribution in [0.2, 0.25) is 0 Å². The van der Waals surface area contributed by atoms with Gasteiger partial charge < -0.3 is 5.32 Å². The Morgan fingerprint density at radius 1 is 1.12 bits per heavy atom. The van der Waals surface area contributed by atoms with E-state index in [1.807, 2.05) is 0 Å². The van der Waals surface area contributed by atoms with Crippen LogP contribution in [0.15, 0.2) is 30.3 Å². The highest BCUT2D eigenvalue weighted by atomic mass is 15.2. The molecule has 0 amide bonds. The molecule has 92 valence electrons. The van der Waals surface area contributed by atoms with Crippen molar-refractivity contribution in [1.82, 2.24) is 10.2 Å². The maximum Gasteiger partial charge on any atom is 0.0239 e. The summed E-state index contributed by atoms with van der Waals surface area (Å²) in [7, 11) is 2.11. The van der Waals surface area contributed by atoms with Crippen LogP contribution >= 0.6 is 0 Å². The first kappa shape index (κ1) is 11.2. The minimum absolute atomic E-state index is 0.750. The van der Waals surface area contributed by atoms with E-state index in [-0.39, 0.29) is 0 Å². The van der Waals surface area contributed by atoms with Gasteiger partial charge in [0.15, 0.2) is 0 Å². The third kappa shape index (κ3) is 2.24. The van der Waals surface area contributed by atoms with Crippen LogP contribution in [-0.4, -0.2) is 30.1 Å². The third-order valence-corrected chi connectivity index (χ3v) is 4.50. The Labute approximate surface area is 104 Å². The number of fused-ring (bicyclic) bond motifs is 2. The summed E-state index contributed by atoms with van der Waals surface area (Å²) in [5.74, 6) is 0. The molecule has 3 rings (SSSR count). The highest BCUT2D eigenvalue weighted by molar-refractivity contribution is 5.15. The molecule has 0 spiro atoms. The summed E-state index contributed by atoms with van der Waals surface area (Å²) < 4.78 is 0. The zero-order chi connectivity index (χ0) is 11.7. The zero-order valence-electron chi connectivity index (χ0n) is 10.6. The summed E-state index contributed by atoms with van der Waals surface area (Å²) in [6, 6.07) is 13.3. The molecular weight excluding hydrogens is 208 g/mol. The molecule has 2 heteroatoms. The van der Waals surface area contributed by atoms with E-state index in [1.54, 1.807) is 0 Å². The number of hydrogen-bond acceptors (Lipinski definition) is 2. The van der Waals surface area contributed by atoms with Gasteiger partial charge in [-0.25, -0.2) is 0 Å². The van der Waals surface area contributed by atoms with Gasteiger partial charge in [0.2, 0.25) is 0 Å². The zero-order valence-corrected chi connectivity index (χ0v) is 10.6. The lowest BCUT2D eigenvalue weighted by Gasteiger charge is -2.39. The largest absolute Gasteiger partial charge is 0.317 e. The lowest BCUT2D eigenvalue weighted by Crippen LogP contribution is -2.47. The monoisotopic (exact) mass is 230 g/mol. The first-order chi connectivity index (χ1) is 8.36. The minimum Gasteiger partial charge on any atom is -0.317 e. The summed E-state index contributed by atoms with van der Waals surface area (Å²) in [5.41, 5.74) is 1.47. The van der Waals surface area contributed by atoms with Crippen LogP contribution in [0.5, 0.6) is 0 Å². The molecule has 1 N–H and O–H groups in total. The van der Waals surface area contributed by atoms with Crippen molar-refractivity contribution in [1.29, 1.82) is 0 Å². The van der Waals surface area contributed by atoms with Crippen molar-refractivity contribution in [2.45, 2.75) is 50.4 Å². The summed E-state index contributed by atoms with van der Waals surface area (Å²) in [6.45, 7) is 1.15. The van der Waals surface area contributed by atoms with Crippen LogP contribution in [0.25, 0.3) is 0 Å². The predicted molar refractivity (Wildman–Crippen MR) is 70.9 cm³/mol. The summed E-state index contributed by atoms with van der Waals surface area (Å²) >= 11 is 0. The number of benzene rings is 1. The van der Waals surface area contributed by atoms with Crippen molar-refractivity contribution in [2.24, 2.45) is 0 Å². The molecule has 0 saturated carbocycles. The van der Waals surface area contributed by atoms with E-state index in [4.69, 9.17) is 0 Å². The Balaban J connectivity index is 1.69. The van der Waals surface area contributed by atoms with Crippen LogP contribution in [0, 0.1) is 0 Å². The molecule has 2 fully saturated rings. The Bertz CT molecular complexity index is 348. The number of rotatable bonds is 3. The number of nitrogens with zero attached hydrogens (tertiary/aromatic N) is 1. The van der Waals surface area contributed by atoms with E-state index in [2.05, 4.69) is 47.6 Å². The quantitative estimate of drug-likeness (QED) is 0.858. The fourth-order valence-electron chi connectivity index (χ4n) is 3.56. The minimum atomic E-state index is 0.750. The van der Waals surface area contributed by atoms with Gasteiger partial charge >= 0.3 is 0 Å². The number of piperidine rings is 1. The van der Waals surface area contributed by atoms with Gasteiger partial charge in [0, 0.05) is 24.7 Å². The van der Waals surface area contributed by atoms with Crippen LogP contribution in [0.4, 0.5) is 0 Å². The molecule has 2 heterocycles. The molecule has 2 bridgehead atoms. The van der Waals surface area contributed by atoms with Gasteiger partial charge in [-0.1, -0.05) is 30.3 Å². The van der Waals surface area contributed by atoms with Crippen LogP contribution < -0.4 is 5.32 Å². The van der Waals surface area contributed by atoms with E-state index in [1.165, 1.54) is 31.2 Å². The molecule has 1 aromatic rings. The summed E-state index contributed by atoms with van der Waals surface area (Å²) in [5, 5.41) is 3.46. The van der Waals surface area contributed by atoms with Crippen molar-refractivity contribution in [3.8, 4) is 0 Å². The second kappa shape index (κ2) is 4.79. The maximum atomic E-state index is 3.46. The van der Waals surface area contributed by atoms with E-state index >= 15 is 0 Å². The molecule has 1 aromatic carbocycles. The number of nitrogens with one attached hydrogen (secondary N) is 1. The Hall–Kier alpha value is -0.860. The molecule has 2 saturated heterocycles. The van der Waals surface area contributed by atoms with Crippen LogP contribution in [-0.2, 0) is 6.54 Å². The normalized spacial score (nSPS) is 32.9. The molecular formula is C15H22N2. The molecule has 17 heavy (non-hydrogen) atoms. The average molecular weight is 230 g/mol. The highest BCUT2D eigenvalue weighted by Gasteiger charge is 2.39. The van der Waals surface area contributed by atoms with Gasteiger partial charge in [-0.15, -0.1) is 0 Å². The Kier molecular flexibility index (Phi) is 3.17. The molecule has 0 aliphatic carbocycles. The second-order valence-corrected chi connectivity index (χ2v) is 5.50. The summed E-state index contributed by atoms with van der Waals surface area (Å²) in [6.07, 6.45) is 5.46. The second-order valence-electron chi connectivity index (χ2n) is 5.50.